The lowest BCUT2D eigenvalue weighted by atomic mass is 10.0. The summed E-state index contributed by atoms with van der Waals surface area (Å²) in [5.41, 5.74) is 10.0. The fourth-order valence-electron chi connectivity index (χ4n) is 2.76. The summed E-state index contributed by atoms with van der Waals surface area (Å²) in [6, 6.07) is 7.70. The van der Waals surface area contributed by atoms with E-state index in [0.717, 1.165) is 24.9 Å². The van der Waals surface area contributed by atoms with Crippen LogP contribution in [0.2, 0.25) is 0 Å². The predicted molar refractivity (Wildman–Crippen MR) is 77.0 cm³/mol. The summed E-state index contributed by atoms with van der Waals surface area (Å²) in [5.74, 6) is 0.956. The van der Waals surface area contributed by atoms with Crippen LogP contribution < -0.4 is 10.6 Å². The molecule has 0 radical (unpaired) electrons. The Morgan fingerprint density at radius 2 is 2.00 bits per heavy atom. The summed E-state index contributed by atoms with van der Waals surface area (Å²) in [6.07, 6.45) is 6.62. The predicted octanol–water partition coefficient (Wildman–Crippen LogP) is 2.88. The highest BCUT2D eigenvalue weighted by molar-refractivity contribution is 5.57. The number of aryl methyl sites for hydroxylation is 1. The van der Waals surface area contributed by atoms with Gasteiger partial charge < -0.3 is 10.6 Å². The van der Waals surface area contributed by atoms with E-state index in [-0.39, 0.29) is 0 Å². The standard InChI is InChI=1S/C16H24N2/c1-12-2-7-16(14(10-12)8-9-17)18(15-5-6-15)11-13-3-4-13/h2,7,10,13,15H,3-6,8-9,11,17H2,1H3. The summed E-state index contributed by atoms with van der Waals surface area (Å²) in [4.78, 5) is 2.67. The van der Waals surface area contributed by atoms with Gasteiger partial charge in [0.25, 0.3) is 0 Å². The molecule has 98 valence electrons. The number of nitrogens with two attached hydrogens (primary N) is 1. The summed E-state index contributed by atoms with van der Waals surface area (Å²) in [7, 11) is 0. The molecule has 1 aromatic carbocycles. The van der Waals surface area contributed by atoms with Crippen LogP contribution in [-0.2, 0) is 6.42 Å². The smallest absolute Gasteiger partial charge is 0.0402 e. The van der Waals surface area contributed by atoms with Crippen LogP contribution in [0.1, 0.15) is 36.8 Å². The summed E-state index contributed by atoms with van der Waals surface area (Å²) in [6.45, 7) is 4.19. The first-order valence-electron chi connectivity index (χ1n) is 7.34. The number of rotatable bonds is 6. The molecule has 0 saturated heterocycles. The minimum absolute atomic E-state index is 0.748. The Morgan fingerprint density at radius 1 is 1.22 bits per heavy atom. The Morgan fingerprint density at radius 3 is 2.61 bits per heavy atom. The molecule has 0 aliphatic heterocycles. The number of benzene rings is 1. The minimum atomic E-state index is 0.748. The van der Waals surface area contributed by atoms with Crippen LogP contribution in [0.25, 0.3) is 0 Å². The van der Waals surface area contributed by atoms with E-state index in [1.165, 1.54) is 49.0 Å². The van der Waals surface area contributed by atoms with Gasteiger partial charge in [-0.05, 0) is 63.1 Å². The normalized spacial score (nSPS) is 19.0. The first-order chi connectivity index (χ1) is 8.78. The zero-order valence-electron chi connectivity index (χ0n) is 11.4. The van der Waals surface area contributed by atoms with Gasteiger partial charge >= 0.3 is 0 Å². The molecule has 0 atom stereocenters. The number of hydrogen-bond acceptors (Lipinski definition) is 2. The Labute approximate surface area is 110 Å². The lowest BCUT2D eigenvalue weighted by Gasteiger charge is -2.27. The van der Waals surface area contributed by atoms with Crippen molar-refractivity contribution in [3.8, 4) is 0 Å². The van der Waals surface area contributed by atoms with E-state index < -0.39 is 0 Å². The highest BCUT2D eigenvalue weighted by atomic mass is 15.2. The van der Waals surface area contributed by atoms with Crippen LogP contribution in [0.5, 0.6) is 0 Å². The van der Waals surface area contributed by atoms with Gasteiger partial charge in [0.1, 0.15) is 0 Å². The summed E-state index contributed by atoms with van der Waals surface area (Å²) < 4.78 is 0. The molecule has 18 heavy (non-hydrogen) atoms. The zero-order valence-corrected chi connectivity index (χ0v) is 11.4. The van der Waals surface area contributed by atoms with Gasteiger partial charge in [-0.25, -0.2) is 0 Å². The van der Waals surface area contributed by atoms with Crippen LogP contribution in [0.15, 0.2) is 18.2 Å². The maximum absolute atomic E-state index is 5.77. The Bertz CT molecular complexity index is 419. The van der Waals surface area contributed by atoms with Crippen molar-refractivity contribution in [2.24, 2.45) is 11.7 Å². The van der Waals surface area contributed by atoms with Crippen LogP contribution in [0.4, 0.5) is 5.69 Å². The van der Waals surface area contributed by atoms with Crippen LogP contribution >= 0.6 is 0 Å². The maximum Gasteiger partial charge on any atom is 0.0402 e. The van der Waals surface area contributed by atoms with Crippen LogP contribution in [0.3, 0.4) is 0 Å². The van der Waals surface area contributed by atoms with Gasteiger partial charge in [-0.3, -0.25) is 0 Å². The van der Waals surface area contributed by atoms with Crippen molar-refractivity contribution in [1.29, 1.82) is 0 Å². The second kappa shape index (κ2) is 4.93. The third kappa shape index (κ3) is 2.69. The third-order valence-corrected chi connectivity index (χ3v) is 4.10. The van der Waals surface area contributed by atoms with Gasteiger partial charge in [0.05, 0.1) is 0 Å². The largest absolute Gasteiger partial charge is 0.368 e. The number of nitrogens with zero attached hydrogens (tertiary/aromatic N) is 1. The average Bonchev–Trinajstić information content (AvgIpc) is 3.22. The molecule has 3 rings (SSSR count). The summed E-state index contributed by atoms with van der Waals surface area (Å²) >= 11 is 0. The second-order valence-electron chi connectivity index (χ2n) is 6.00. The fraction of sp³-hybridized carbons (Fsp3) is 0.625. The van der Waals surface area contributed by atoms with Crippen molar-refractivity contribution in [3.05, 3.63) is 29.3 Å². The van der Waals surface area contributed by atoms with Gasteiger partial charge in [-0.1, -0.05) is 17.7 Å². The third-order valence-electron chi connectivity index (χ3n) is 4.10. The molecule has 0 unspecified atom stereocenters. The fourth-order valence-corrected chi connectivity index (χ4v) is 2.76. The molecule has 2 aliphatic rings. The van der Waals surface area contributed by atoms with E-state index >= 15 is 0 Å². The van der Waals surface area contributed by atoms with Crippen molar-refractivity contribution in [3.63, 3.8) is 0 Å². The van der Waals surface area contributed by atoms with Gasteiger partial charge in [0, 0.05) is 18.3 Å². The highest BCUT2D eigenvalue weighted by Gasteiger charge is 2.34. The first kappa shape index (κ1) is 12.0. The van der Waals surface area contributed by atoms with Crippen molar-refractivity contribution in [2.45, 2.75) is 45.1 Å². The van der Waals surface area contributed by atoms with Crippen molar-refractivity contribution in [1.82, 2.24) is 0 Å². The lowest BCUT2D eigenvalue weighted by molar-refractivity contribution is 0.714. The molecule has 0 spiro atoms. The van der Waals surface area contributed by atoms with Crippen LogP contribution in [-0.4, -0.2) is 19.1 Å². The van der Waals surface area contributed by atoms with Gasteiger partial charge in [0.15, 0.2) is 0 Å². The Kier molecular flexibility index (Phi) is 3.29. The average molecular weight is 244 g/mol. The SMILES string of the molecule is Cc1ccc(N(CC2CC2)C2CC2)c(CCN)c1. The molecule has 2 heteroatoms. The molecule has 2 saturated carbocycles. The molecule has 2 nitrogen and oxygen atoms in total. The molecule has 0 bridgehead atoms. The maximum atomic E-state index is 5.77. The minimum Gasteiger partial charge on any atom is -0.368 e. The summed E-state index contributed by atoms with van der Waals surface area (Å²) in [5, 5.41) is 0. The van der Waals surface area contributed by atoms with E-state index in [9.17, 15) is 0 Å². The van der Waals surface area contributed by atoms with Gasteiger partial charge in [-0.15, -0.1) is 0 Å². The van der Waals surface area contributed by atoms with Gasteiger partial charge in [0.2, 0.25) is 0 Å². The van der Waals surface area contributed by atoms with E-state index in [2.05, 4.69) is 30.0 Å². The second-order valence-corrected chi connectivity index (χ2v) is 6.00. The quantitative estimate of drug-likeness (QED) is 0.833. The molecule has 0 aromatic heterocycles. The van der Waals surface area contributed by atoms with Crippen LogP contribution in [0, 0.1) is 12.8 Å². The zero-order chi connectivity index (χ0) is 12.5. The van der Waals surface area contributed by atoms with E-state index in [0.29, 0.717) is 0 Å². The van der Waals surface area contributed by atoms with Gasteiger partial charge in [-0.2, -0.15) is 0 Å². The Balaban J connectivity index is 1.86. The van der Waals surface area contributed by atoms with Crippen molar-refractivity contribution >= 4 is 5.69 Å². The van der Waals surface area contributed by atoms with E-state index in [1.54, 1.807) is 0 Å². The first-order valence-corrected chi connectivity index (χ1v) is 7.34. The molecule has 2 fully saturated rings. The molecule has 2 N–H and O–H groups in total. The Hall–Kier alpha value is -1.02. The molecule has 2 aliphatic carbocycles. The van der Waals surface area contributed by atoms with Crippen molar-refractivity contribution in [2.75, 3.05) is 18.0 Å². The van der Waals surface area contributed by atoms with E-state index in [1.807, 2.05) is 0 Å². The molecular weight excluding hydrogens is 220 g/mol. The number of anilines is 1. The number of hydrogen-bond donors (Lipinski definition) is 1. The molecular formula is C16H24N2. The van der Waals surface area contributed by atoms with Crippen molar-refractivity contribution < 1.29 is 0 Å². The van der Waals surface area contributed by atoms with E-state index in [4.69, 9.17) is 5.73 Å². The molecule has 1 aromatic rings. The molecule has 0 heterocycles. The highest BCUT2D eigenvalue weighted by Crippen LogP contribution is 2.39. The lowest BCUT2D eigenvalue weighted by Crippen LogP contribution is -2.29. The molecule has 0 amide bonds. The topological polar surface area (TPSA) is 29.3 Å². The monoisotopic (exact) mass is 244 g/mol.